The van der Waals surface area contributed by atoms with Gasteiger partial charge in [0.15, 0.2) is 0 Å². The Balaban J connectivity index is 1.84. The summed E-state index contributed by atoms with van der Waals surface area (Å²) in [5.41, 5.74) is 3.96. The predicted molar refractivity (Wildman–Crippen MR) is 79.7 cm³/mol. The van der Waals surface area contributed by atoms with Crippen molar-refractivity contribution in [1.29, 1.82) is 0 Å². The number of nitrogens with zero attached hydrogens (tertiary/aromatic N) is 1. The third-order valence-corrected chi connectivity index (χ3v) is 3.36. The lowest BCUT2D eigenvalue weighted by atomic mass is 10.1. The number of phenols is 1. The number of benzene rings is 2. The summed E-state index contributed by atoms with van der Waals surface area (Å²) in [6.07, 6.45) is 2.58. The number of aromatic hydroxyl groups is 1. The Hall–Kier alpha value is -2.55. The van der Waals surface area contributed by atoms with Crippen LogP contribution >= 0.6 is 0 Å². The van der Waals surface area contributed by atoms with Crippen molar-refractivity contribution in [1.82, 2.24) is 9.97 Å². The highest BCUT2D eigenvalue weighted by Crippen LogP contribution is 2.25. The first-order chi connectivity index (χ1) is 9.72. The van der Waals surface area contributed by atoms with Crippen LogP contribution in [-0.2, 0) is 6.42 Å². The lowest BCUT2D eigenvalue weighted by Crippen LogP contribution is -1.90. The summed E-state index contributed by atoms with van der Waals surface area (Å²) >= 11 is 0. The number of nitrogens with one attached hydrogen (secondary N) is 1. The molecule has 0 spiro atoms. The van der Waals surface area contributed by atoms with E-state index in [-0.39, 0.29) is 0 Å². The lowest BCUT2D eigenvalue weighted by Gasteiger charge is -2.02. The van der Waals surface area contributed by atoms with E-state index in [4.69, 9.17) is 0 Å². The Bertz CT molecular complexity index is 717. The van der Waals surface area contributed by atoms with Crippen LogP contribution in [0.15, 0.2) is 54.7 Å². The van der Waals surface area contributed by atoms with Gasteiger partial charge in [-0.2, -0.15) is 0 Å². The highest BCUT2D eigenvalue weighted by atomic mass is 16.3. The monoisotopic (exact) mass is 264 g/mol. The Kier molecular flexibility index (Phi) is 3.25. The van der Waals surface area contributed by atoms with Crippen LogP contribution in [0.2, 0.25) is 0 Å². The third-order valence-electron chi connectivity index (χ3n) is 3.36. The van der Waals surface area contributed by atoms with E-state index in [0.29, 0.717) is 5.75 Å². The van der Waals surface area contributed by atoms with E-state index in [9.17, 15) is 5.11 Å². The molecule has 0 fully saturated rings. The summed E-state index contributed by atoms with van der Waals surface area (Å²) in [5, 5.41) is 9.77. The van der Waals surface area contributed by atoms with Gasteiger partial charge in [-0.15, -0.1) is 0 Å². The van der Waals surface area contributed by atoms with Gasteiger partial charge in [-0.1, -0.05) is 42.5 Å². The zero-order valence-electron chi connectivity index (χ0n) is 11.3. The van der Waals surface area contributed by atoms with Gasteiger partial charge in [0.1, 0.15) is 11.6 Å². The van der Waals surface area contributed by atoms with Crippen molar-refractivity contribution in [2.75, 3.05) is 0 Å². The lowest BCUT2D eigenvalue weighted by molar-refractivity contribution is 0.471. The SMILES string of the molecule is Cc1ccc(-c2cnc(Cc3ccccc3)[nH]2)cc1O. The fourth-order valence-corrected chi connectivity index (χ4v) is 2.17. The van der Waals surface area contributed by atoms with E-state index in [1.165, 1.54) is 5.56 Å². The highest BCUT2D eigenvalue weighted by Gasteiger charge is 2.06. The van der Waals surface area contributed by atoms with Crippen LogP contribution < -0.4 is 0 Å². The van der Waals surface area contributed by atoms with Crippen LogP contribution in [0.5, 0.6) is 5.75 Å². The zero-order chi connectivity index (χ0) is 13.9. The van der Waals surface area contributed by atoms with Gasteiger partial charge in [0.2, 0.25) is 0 Å². The number of imidazole rings is 1. The molecule has 2 aromatic carbocycles. The number of phenolic OH excluding ortho intramolecular Hbond substituents is 1. The molecule has 0 aliphatic heterocycles. The molecule has 0 aliphatic rings. The van der Waals surface area contributed by atoms with Crippen molar-refractivity contribution in [2.24, 2.45) is 0 Å². The van der Waals surface area contributed by atoms with E-state index in [2.05, 4.69) is 22.1 Å². The molecule has 0 unspecified atom stereocenters. The Labute approximate surface area is 117 Å². The smallest absolute Gasteiger partial charge is 0.119 e. The van der Waals surface area contributed by atoms with Crippen molar-refractivity contribution < 1.29 is 5.11 Å². The maximum atomic E-state index is 9.77. The van der Waals surface area contributed by atoms with E-state index < -0.39 is 0 Å². The van der Waals surface area contributed by atoms with E-state index in [0.717, 1.165) is 29.1 Å². The fraction of sp³-hybridized carbons (Fsp3) is 0.118. The number of hydrogen-bond donors (Lipinski definition) is 2. The van der Waals surface area contributed by atoms with Crippen molar-refractivity contribution in [2.45, 2.75) is 13.3 Å². The molecule has 0 saturated carbocycles. The van der Waals surface area contributed by atoms with Gasteiger partial charge in [0.25, 0.3) is 0 Å². The van der Waals surface area contributed by atoms with Crippen LogP contribution in [0, 0.1) is 6.92 Å². The molecule has 0 atom stereocenters. The molecule has 20 heavy (non-hydrogen) atoms. The molecule has 0 radical (unpaired) electrons. The molecule has 0 amide bonds. The molecule has 2 N–H and O–H groups in total. The number of H-pyrrole nitrogens is 1. The minimum atomic E-state index is 0.307. The standard InChI is InChI=1S/C17H16N2O/c1-12-7-8-14(10-16(12)20)15-11-18-17(19-15)9-13-5-3-2-4-6-13/h2-8,10-11,20H,9H2,1H3,(H,18,19). The largest absolute Gasteiger partial charge is 0.508 e. The molecule has 100 valence electrons. The van der Waals surface area contributed by atoms with E-state index in [1.54, 1.807) is 6.07 Å². The average molecular weight is 264 g/mol. The first kappa shape index (κ1) is 12.5. The number of aromatic amines is 1. The Morgan fingerprint density at radius 3 is 2.65 bits per heavy atom. The Morgan fingerprint density at radius 1 is 1.10 bits per heavy atom. The van der Waals surface area contributed by atoms with Crippen molar-refractivity contribution >= 4 is 0 Å². The average Bonchev–Trinajstić information content (AvgIpc) is 2.91. The summed E-state index contributed by atoms with van der Waals surface area (Å²) in [5.74, 6) is 1.23. The van der Waals surface area contributed by atoms with Gasteiger partial charge in [-0.05, 0) is 24.1 Å². The van der Waals surface area contributed by atoms with E-state index >= 15 is 0 Å². The molecule has 3 rings (SSSR count). The second kappa shape index (κ2) is 5.21. The normalized spacial score (nSPS) is 10.7. The third kappa shape index (κ3) is 2.57. The summed E-state index contributed by atoms with van der Waals surface area (Å²) < 4.78 is 0. The molecule has 0 saturated heterocycles. The topological polar surface area (TPSA) is 48.9 Å². The molecule has 3 aromatic rings. The highest BCUT2D eigenvalue weighted by molar-refractivity contribution is 5.61. The van der Waals surface area contributed by atoms with Gasteiger partial charge in [0, 0.05) is 12.0 Å². The maximum Gasteiger partial charge on any atom is 0.119 e. The Morgan fingerprint density at radius 2 is 1.90 bits per heavy atom. The number of rotatable bonds is 3. The van der Waals surface area contributed by atoms with Gasteiger partial charge >= 0.3 is 0 Å². The van der Waals surface area contributed by atoms with Crippen LogP contribution in [0.3, 0.4) is 0 Å². The zero-order valence-corrected chi connectivity index (χ0v) is 11.3. The molecule has 1 heterocycles. The minimum absolute atomic E-state index is 0.307. The van der Waals surface area contributed by atoms with E-state index in [1.807, 2.05) is 43.5 Å². The predicted octanol–water partition coefficient (Wildman–Crippen LogP) is 3.68. The second-order valence-corrected chi connectivity index (χ2v) is 4.91. The van der Waals surface area contributed by atoms with Gasteiger partial charge in [-0.3, -0.25) is 0 Å². The van der Waals surface area contributed by atoms with Crippen LogP contribution in [0.1, 0.15) is 17.0 Å². The van der Waals surface area contributed by atoms with Gasteiger partial charge < -0.3 is 10.1 Å². The van der Waals surface area contributed by atoms with Crippen molar-refractivity contribution in [3.8, 4) is 17.0 Å². The van der Waals surface area contributed by atoms with Crippen LogP contribution in [0.4, 0.5) is 0 Å². The first-order valence-corrected chi connectivity index (χ1v) is 6.60. The summed E-state index contributed by atoms with van der Waals surface area (Å²) in [6, 6.07) is 15.9. The number of hydrogen-bond acceptors (Lipinski definition) is 2. The molecular formula is C17H16N2O. The number of aromatic nitrogens is 2. The summed E-state index contributed by atoms with van der Waals surface area (Å²) in [7, 11) is 0. The molecule has 0 aliphatic carbocycles. The molecular weight excluding hydrogens is 248 g/mol. The second-order valence-electron chi connectivity index (χ2n) is 4.91. The van der Waals surface area contributed by atoms with Crippen molar-refractivity contribution in [3.05, 3.63) is 71.7 Å². The molecule has 1 aromatic heterocycles. The minimum Gasteiger partial charge on any atom is -0.508 e. The fourth-order valence-electron chi connectivity index (χ4n) is 2.17. The molecule has 0 bridgehead atoms. The van der Waals surface area contributed by atoms with Crippen LogP contribution in [0.25, 0.3) is 11.3 Å². The van der Waals surface area contributed by atoms with Gasteiger partial charge in [0.05, 0.1) is 11.9 Å². The van der Waals surface area contributed by atoms with Crippen molar-refractivity contribution in [3.63, 3.8) is 0 Å². The molecule has 3 heteroatoms. The summed E-state index contributed by atoms with van der Waals surface area (Å²) in [4.78, 5) is 7.71. The van der Waals surface area contributed by atoms with Gasteiger partial charge in [-0.25, -0.2) is 4.98 Å². The maximum absolute atomic E-state index is 9.77. The first-order valence-electron chi connectivity index (χ1n) is 6.60. The molecule has 3 nitrogen and oxygen atoms in total. The number of aryl methyl sites for hydroxylation is 1. The quantitative estimate of drug-likeness (QED) is 0.758. The van der Waals surface area contributed by atoms with Crippen LogP contribution in [-0.4, -0.2) is 15.1 Å². The summed E-state index contributed by atoms with van der Waals surface area (Å²) in [6.45, 7) is 1.88.